The number of ketones is 1. The number of carbonyl (C=O) groups excluding carboxylic acids is 1. The zero-order chi connectivity index (χ0) is 22.4. The predicted molar refractivity (Wildman–Crippen MR) is 117 cm³/mol. The molecule has 7 heteroatoms. The molecule has 0 unspecified atom stereocenters. The van der Waals surface area contributed by atoms with Crippen molar-refractivity contribution in [1.82, 2.24) is 5.16 Å². The summed E-state index contributed by atoms with van der Waals surface area (Å²) >= 11 is 0. The molecule has 2 atom stereocenters. The van der Waals surface area contributed by atoms with Crippen LogP contribution >= 0.6 is 0 Å². The number of hydrogen-bond acceptors (Lipinski definition) is 6. The van der Waals surface area contributed by atoms with E-state index in [0.717, 1.165) is 11.3 Å². The van der Waals surface area contributed by atoms with E-state index in [4.69, 9.17) is 14.0 Å². The molecule has 6 nitrogen and oxygen atoms in total. The topological polar surface area (TPSA) is 73.6 Å². The Kier molecular flexibility index (Phi) is 4.96. The number of rotatable bonds is 4. The van der Waals surface area contributed by atoms with Crippen LogP contribution in [0.5, 0.6) is 11.5 Å². The molecule has 1 aliphatic heterocycles. The van der Waals surface area contributed by atoms with Crippen LogP contribution in [0.2, 0.25) is 0 Å². The van der Waals surface area contributed by atoms with Gasteiger partial charge >= 0.3 is 0 Å². The van der Waals surface area contributed by atoms with Crippen LogP contribution in [-0.4, -0.2) is 25.2 Å². The molecule has 5 rings (SSSR count). The number of benzene rings is 2. The van der Waals surface area contributed by atoms with E-state index in [0.29, 0.717) is 52.6 Å². The van der Waals surface area contributed by atoms with Gasteiger partial charge in [0.1, 0.15) is 5.82 Å². The first-order valence-electron chi connectivity index (χ1n) is 10.5. The van der Waals surface area contributed by atoms with Crippen molar-refractivity contribution in [1.29, 1.82) is 0 Å². The van der Waals surface area contributed by atoms with Gasteiger partial charge < -0.3 is 19.3 Å². The summed E-state index contributed by atoms with van der Waals surface area (Å²) in [6.45, 7) is 1.81. The molecule has 32 heavy (non-hydrogen) atoms. The second kappa shape index (κ2) is 7.82. The highest BCUT2D eigenvalue weighted by Gasteiger charge is 2.42. The Balaban J connectivity index is 1.59. The van der Waals surface area contributed by atoms with Gasteiger partial charge in [-0.2, -0.15) is 0 Å². The van der Waals surface area contributed by atoms with E-state index < -0.39 is 5.92 Å². The van der Waals surface area contributed by atoms with Crippen molar-refractivity contribution < 1.29 is 23.2 Å². The number of Topliss-reactive ketones (excluding diaryl/α,β-unsaturated/α-hetero) is 1. The average molecular weight is 434 g/mol. The van der Waals surface area contributed by atoms with Gasteiger partial charge in [-0.1, -0.05) is 29.4 Å². The summed E-state index contributed by atoms with van der Waals surface area (Å²) in [4.78, 5) is 13.5. The lowest BCUT2D eigenvalue weighted by Gasteiger charge is -2.34. The minimum absolute atomic E-state index is 0.0157. The lowest BCUT2D eigenvalue weighted by Crippen LogP contribution is -2.30. The van der Waals surface area contributed by atoms with Crippen LogP contribution in [0.1, 0.15) is 47.1 Å². The molecule has 3 aromatic rings. The summed E-state index contributed by atoms with van der Waals surface area (Å²) in [6.07, 6.45) is 0.904. The molecular formula is C25H23FN2O4. The molecule has 164 valence electrons. The third-order valence-corrected chi connectivity index (χ3v) is 6.35. The van der Waals surface area contributed by atoms with Crippen LogP contribution in [0.4, 0.5) is 10.3 Å². The highest BCUT2D eigenvalue weighted by molar-refractivity contribution is 6.01. The first kappa shape index (κ1) is 20.3. The fourth-order valence-corrected chi connectivity index (χ4v) is 4.84. The lowest BCUT2D eigenvalue weighted by molar-refractivity contribution is -0.116. The van der Waals surface area contributed by atoms with Gasteiger partial charge in [-0.3, -0.25) is 4.79 Å². The largest absolute Gasteiger partial charge is 0.493 e. The number of methoxy groups -OCH3 is 2. The van der Waals surface area contributed by atoms with Gasteiger partial charge in [0, 0.05) is 29.2 Å². The molecule has 2 aliphatic rings. The standard InChI is InChI=1S/C25H23FN2O4/c1-13-22-23(16-6-4-5-7-17(16)26)24-18(27-25(22)32-28-13)10-15(11-19(24)29)14-8-9-20(30-2)21(12-14)31-3/h4-9,12,15,23,27H,10-11H2,1-3H3/t15-,23+/m1/s1. The first-order chi connectivity index (χ1) is 15.5. The van der Waals surface area contributed by atoms with Gasteiger partial charge in [0.05, 0.1) is 25.5 Å². The zero-order valence-corrected chi connectivity index (χ0v) is 18.1. The summed E-state index contributed by atoms with van der Waals surface area (Å²) in [7, 11) is 3.17. The molecule has 0 saturated heterocycles. The number of carbonyl (C=O) groups is 1. The van der Waals surface area contributed by atoms with Crippen LogP contribution in [0.3, 0.4) is 0 Å². The van der Waals surface area contributed by atoms with E-state index in [-0.39, 0.29) is 17.5 Å². The van der Waals surface area contributed by atoms with Gasteiger partial charge in [0.2, 0.25) is 5.88 Å². The number of allylic oxidation sites excluding steroid dienone is 2. The molecule has 0 bridgehead atoms. The van der Waals surface area contributed by atoms with Crippen molar-refractivity contribution in [3.05, 3.63) is 81.9 Å². The van der Waals surface area contributed by atoms with Gasteiger partial charge in [0.15, 0.2) is 17.3 Å². The molecule has 1 N–H and O–H groups in total. The summed E-state index contributed by atoms with van der Waals surface area (Å²) in [5.41, 5.74) is 4.12. The maximum atomic E-state index is 14.9. The summed E-state index contributed by atoms with van der Waals surface area (Å²) in [5, 5.41) is 7.35. The number of anilines is 1. The Hall–Kier alpha value is -3.61. The van der Waals surface area contributed by atoms with Crippen LogP contribution in [0, 0.1) is 12.7 Å². The lowest BCUT2D eigenvalue weighted by atomic mass is 9.72. The van der Waals surface area contributed by atoms with Crippen LogP contribution in [0.15, 0.2) is 58.3 Å². The van der Waals surface area contributed by atoms with Crippen molar-refractivity contribution >= 4 is 11.7 Å². The summed E-state index contributed by atoms with van der Waals surface area (Å²) in [6, 6.07) is 12.3. The van der Waals surface area contributed by atoms with Crippen LogP contribution in [0.25, 0.3) is 0 Å². The quantitative estimate of drug-likeness (QED) is 0.616. The Morgan fingerprint density at radius 1 is 1.09 bits per heavy atom. The average Bonchev–Trinajstić information content (AvgIpc) is 3.17. The highest BCUT2D eigenvalue weighted by Crippen LogP contribution is 2.49. The van der Waals surface area contributed by atoms with Crippen LogP contribution < -0.4 is 14.8 Å². The molecular weight excluding hydrogens is 411 g/mol. The van der Waals surface area contributed by atoms with Gasteiger partial charge in [-0.15, -0.1) is 0 Å². The van der Waals surface area contributed by atoms with Crippen molar-refractivity contribution in [3.8, 4) is 11.5 Å². The molecule has 0 saturated carbocycles. The maximum Gasteiger partial charge on any atom is 0.233 e. The van der Waals surface area contributed by atoms with Gasteiger partial charge in [-0.05, 0) is 43.0 Å². The SMILES string of the molecule is COc1ccc([C@H]2CC(=O)C3=C(C2)Nc2onc(C)c2[C@@H]3c2ccccc2F)cc1OC. The fraction of sp³-hybridized carbons (Fsp3) is 0.280. The minimum atomic E-state index is -0.549. The maximum absolute atomic E-state index is 14.9. The van der Waals surface area contributed by atoms with Crippen molar-refractivity contribution in [2.75, 3.05) is 19.5 Å². The van der Waals surface area contributed by atoms with Crippen molar-refractivity contribution in [2.24, 2.45) is 0 Å². The van der Waals surface area contributed by atoms with Crippen molar-refractivity contribution in [2.45, 2.75) is 31.6 Å². The van der Waals surface area contributed by atoms with Gasteiger partial charge in [0.25, 0.3) is 0 Å². The number of hydrogen-bond donors (Lipinski definition) is 1. The number of nitrogens with zero attached hydrogens (tertiary/aromatic N) is 1. The van der Waals surface area contributed by atoms with E-state index in [9.17, 15) is 9.18 Å². The monoisotopic (exact) mass is 434 g/mol. The second-order valence-corrected chi connectivity index (χ2v) is 8.13. The zero-order valence-electron chi connectivity index (χ0n) is 18.1. The van der Waals surface area contributed by atoms with Crippen molar-refractivity contribution in [3.63, 3.8) is 0 Å². The van der Waals surface area contributed by atoms with Crippen LogP contribution in [-0.2, 0) is 4.79 Å². The van der Waals surface area contributed by atoms with E-state index in [1.165, 1.54) is 6.07 Å². The first-order valence-corrected chi connectivity index (χ1v) is 10.5. The summed E-state index contributed by atoms with van der Waals surface area (Å²) in [5.74, 6) is 0.746. The number of aromatic nitrogens is 1. The third-order valence-electron chi connectivity index (χ3n) is 6.35. The van der Waals surface area contributed by atoms with Gasteiger partial charge in [-0.25, -0.2) is 4.39 Å². The van der Waals surface area contributed by atoms with E-state index in [1.54, 1.807) is 32.4 Å². The number of nitrogens with one attached hydrogen (secondary N) is 1. The smallest absolute Gasteiger partial charge is 0.233 e. The third kappa shape index (κ3) is 3.16. The Bertz CT molecular complexity index is 1250. The Morgan fingerprint density at radius 3 is 2.62 bits per heavy atom. The summed E-state index contributed by atoms with van der Waals surface area (Å²) < 4.78 is 31.1. The minimum Gasteiger partial charge on any atom is -0.493 e. The number of aryl methyl sites for hydroxylation is 1. The fourth-order valence-electron chi connectivity index (χ4n) is 4.84. The predicted octanol–water partition coefficient (Wildman–Crippen LogP) is 5.10. The molecule has 2 aromatic carbocycles. The number of fused-ring (bicyclic) bond motifs is 1. The molecule has 0 spiro atoms. The Labute approximate surface area is 185 Å². The second-order valence-electron chi connectivity index (χ2n) is 8.13. The number of halogens is 1. The van der Waals surface area contributed by atoms with E-state index in [1.807, 2.05) is 25.1 Å². The molecule has 0 fully saturated rings. The van der Waals surface area contributed by atoms with E-state index in [2.05, 4.69) is 10.5 Å². The molecule has 0 amide bonds. The Morgan fingerprint density at radius 2 is 1.88 bits per heavy atom. The number of ether oxygens (including phenoxy) is 2. The highest BCUT2D eigenvalue weighted by atomic mass is 19.1. The molecule has 1 aliphatic carbocycles. The molecule has 0 radical (unpaired) electrons. The van der Waals surface area contributed by atoms with E-state index >= 15 is 0 Å². The normalized spacial score (nSPS) is 19.8. The molecule has 2 heterocycles. The molecule has 1 aromatic heterocycles.